The van der Waals surface area contributed by atoms with Gasteiger partial charge in [-0.25, -0.2) is 0 Å². The predicted octanol–water partition coefficient (Wildman–Crippen LogP) is 4.01. The molecule has 0 bridgehead atoms. The fourth-order valence-corrected chi connectivity index (χ4v) is 2.94. The van der Waals surface area contributed by atoms with Crippen molar-refractivity contribution in [2.24, 2.45) is 7.05 Å². The number of hydrogen-bond donors (Lipinski definition) is 1. The third kappa shape index (κ3) is 2.93. The number of nitrogens with zero attached hydrogens (tertiary/aromatic N) is 1. The Morgan fingerprint density at radius 3 is 2.71 bits per heavy atom. The summed E-state index contributed by atoms with van der Waals surface area (Å²) in [5, 5.41) is 3.74. The highest BCUT2D eigenvalue weighted by molar-refractivity contribution is 6.31. The monoisotopic (exact) mass is 340 g/mol. The number of fused-ring (bicyclic) bond motifs is 1. The smallest absolute Gasteiger partial charge is 0.261 e. The minimum Gasteiger partial charge on any atom is -0.350 e. The summed E-state index contributed by atoms with van der Waals surface area (Å²) in [7, 11) is 1.80. The Labute approximate surface area is 144 Å². The quantitative estimate of drug-likeness (QED) is 0.783. The van der Waals surface area contributed by atoms with Crippen LogP contribution in [0.2, 0.25) is 5.02 Å². The topological polar surface area (TPSA) is 51.1 Å². The van der Waals surface area contributed by atoms with Crippen LogP contribution < -0.4 is 10.7 Å². The van der Waals surface area contributed by atoms with Crippen molar-refractivity contribution in [2.75, 3.05) is 5.32 Å². The normalized spacial score (nSPS) is 10.8. The molecule has 1 heterocycles. The van der Waals surface area contributed by atoms with Crippen LogP contribution in [-0.4, -0.2) is 10.5 Å². The molecule has 0 saturated heterocycles. The Kier molecular flexibility index (Phi) is 4.40. The maximum atomic E-state index is 12.7. The van der Waals surface area contributed by atoms with Gasteiger partial charge in [0, 0.05) is 29.3 Å². The minimum absolute atomic E-state index is 0.0955. The lowest BCUT2D eigenvalue weighted by molar-refractivity contribution is 0.102. The summed E-state index contributed by atoms with van der Waals surface area (Å²) < 4.78 is 1.76. The van der Waals surface area contributed by atoms with Crippen molar-refractivity contribution in [1.82, 2.24) is 4.57 Å². The van der Waals surface area contributed by atoms with E-state index in [1.807, 2.05) is 31.2 Å². The third-order valence-electron chi connectivity index (χ3n) is 4.04. The first-order valence-electron chi connectivity index (χ1n) is 7.69. The SMILES string of the molecule is CCc1ccccc1NC(=O)c1cn(C)c2ccc(Cl)cc2c1=O. The fraction of sp³-hybridized carbons (Fsp3) is 0.158. The van der Waals surface area contributed by atoms with E-state index < -0.39 is 5.91 Å². The van der Waals surface area contributed by atoms with Gasteiger partial charge in [0.15, 0.2) is 0 Å². The molecule has 1 amide bonds. The van der Waals surface area contributed by atoms with E-state index in [9.17, 15) is 9.59 Å². The summed E-state index contributed by atoms with van der Waals surface area (Å²) >= 11 is 6.00. The van der Waals surface area contributed by atoms with Gasteiger partial charge in [0.25, 0.3) is 5.91 Å². The first kappa shape index (κ1) is 16.3. The van der Waals surface area contributed by atoms with Crippen LogP contribution in [0, 0.1) is 0 Å². The van der Waals surface area contributed by atoms with E-state index in [2.05, 4.69) is 5.32 Å². The van der Waals surface area contributed by atoms with E-state index >= 15 is 0 Å². The molecule has 0 spiro atoms. The van der Waals surface area contributed by atoms with Gasteiger partial charge in [-0.3, -0.25) is 9.59 Å². The molecule has 1 N–H and O–H groups in total. The molecule has 4 nitrogen and oxygen atoms in total. The van der Waals surface area contributed by atoms with Crippen LogP contribution in [0.3, 0.4) is 0 Å². The van der Waals surface area contributed by atoms with Crippen LogP contribution >= 0.6 is 11.6 Å². The van der Waals surface area contributed by atoms with Crippen LogP contribution in [0.1, 0.15) is 22.8 Å². The summed E-state index contributed by atoms with van der Waals surface area (Å²) in [6, 6.07) is 12.6. The lowest BCUT2D eigenvalue weighted by Crippen LogP contribution is -2.23. The van der Waals surface area contributed by atoms with Gasteiger partial charge in [-0.2, -0.15) is 0 Å². The average Bonchev–Trinajstić information content (AvgIpc) is 2.58. The van der Waals surface area contributed by atoms with E-state index in [-0.39, 0.29) is 11.0 Å². The summed E-state index contributed by atoms with van der Waals surface area (Å²) in [6.45, 7) is 2.02. The maximum absolute atomic E-state index is 12.7. The molecule has 24 heavy (non-hydrogen) atoms. The molecule has 0 unspecified atom stereocenters. The number of carbonyl (C=O) groups is 1. The number of rotatable bonds is 3. The number of pyridine rings is 1. The van der Waals surface area contributed by atoms with Gasteiger partial charge in [-0.05, 0) is 36.2 Å². The number of amides is 1. The average molecular weight is 341 g/mol. The van der Waals surface area contributed by atoms with Gasteiger partial charge in [-0.15, -0.1) is 0 Å². The van der Waals surface area contributed by atoms with E-state index in [1.165, 1.54) is 0 Å². The van der Waals surface area contributed by atoms with Crippen molar-refractivity contribution in [2.45, 2.75) is 13.3 Å². The molecule has 3 aromatic rings. The van der Waals surface area contributed by atoms with E-state index in [0.717, 1.165) is 23.2 Å². The fourth-order valence-electron chi connectivity index (χ4n) is 2.77. The molecular weight excluding hydrogens is 324 g/mol. The number of aromatic nitrogens is 1. The molecule has 122 valence electrons. The Morgan fingerprint density at radius 1 is 1.21 bits per heavy atom. The Bertz CT molecular complexity index is 992. The number of anilines is 1. The van der Waals surface area contributed by atoms with Crippen molar-refractivity contribution in [3.8, 4) is 0 Å². The molecular formula is C19H17ClN2O2. The predicted molar refractivity (Wildman–Crippen MR) is 98.0 cm³/mol. The van der Waals surface area contributed by atoms with E-state index in [4.69, 9.17) is 11.6 Å². The minimum atomic E-state index is -0.418. The van der Waals surface area contributed by atoms with Crippen LogP contribution in [-0.2, 0) is 13.5 Å². The molecule has 0 atom stereocenters. The van der Waals surface area contributed by atoms with Gasteiger partial charge >= 0.3 is 0 Å². The highest BCUT2D eigenvalue weighted by atomic mass is 35.5. The number of hydrogen-bond acceptors (Lipinski definition) is 2. The molecule has 0 aliphatic carbocycles. The number of para-hydroxylation sites is 1. The van der Waals surface area contributed by atoms with Crippen LogP contribution in [0.4, 0.5) is 5.69 Å². The molecule has 0 radical (unpaired) electrons. The third-order valence-corrected chi connectivity index (χ3v) is 4.28. The Balaban J connectivity index is 2.07. The molecule has 5 heteroatoms. The molecule has 1 aromatic heterocycles. The number of carbonyl (C=O) groups excluding carboxylic acids is 1. The first-order chi connectivity index (χ1) is 11.5. The number of halogens is 1. The van der Waals surface area contributed by atoms with Crippen LogP contribution in [0.5, 0.6) is 0 Å². The second-order valence-electron chi connectivity index (χ2n) is 5.61. The Hall–Kier alpha value is -2.59. The number of benzene rings is 2. The standard InChI is InChI=1S/C19H17ClN2O2/c1-3-12-6-4-5-7-16(12)21-19(24)15-11-22(2)17-9-8-13(20)10-14(17)18(15)23/h4-11H,3H2,1-2H3,(H,21,24). The molecule has 0 saturated carbocycles. The summed E-state index contributed by atoms with van der Waals surface area (Å²) in [4.78, 5) is 25.3. The molecule has 0 fully saturated rings. The van der Waals surface area contributed by atoms with Crippen molar-refractivity contribution in [3.63, 3.8) is 0 Å². The van der Waals surface area contributed by atoms with E-state index in [0.29, 0.717) is 10.4 Å². The number of aryl methyl sites for hydroxylation is 2. The first-order valence-corrected chi connectivity index (χ1v) is 8.07. The zero-order valence-corrected chi connectivity index (χ0v) is 14.2. The lowest BCUT2D eigenvalue weighted by atomic mass is 10.1. The van der Waals surface area contributed by atoms with Crippen molar-refractivity contribution in [1.29, 1.82) is 0 Å². The zero-order chi connectivity index (χ0) is 17.3. The summed E-state index contributed by atoms with van der Waals surface area (Å²) in [5.41, 5.74) is 2.25. The van der Waals surface area contributed by atoms with Gasteiger partial charge in [0.05, 0.1) is 5.52 Å². The van der Waals surface area contributed by atoms with Gasteiger partial charge < -0.3 is 9.88 Å². The van der Waals surface area contributed by atoms with Crippen molar-refractivity contribution in [3.05, 3.63) is 75.0 Å². The summed E-state index contributed by atoms with van der Waals surface area (Å²) in [6.07, 6.45) is 2.35. The van der Waals surface area contributed by atoms with Gasteiger partial charge in [-0.1, -0.05) is 36.7 Å². The van der Waals surface area contributed by atoms with Crippen molar-refractivity contribution >= 4 is 34.1 Å². The molecule has 0 aliphatic heterocycles. The lowest BCUT2D eigenvalue weighted by Gasteiger charge is -2.12. The van der Waals surface area contributed by atoms with E-state index in [1.54, 1.807) is 36.0 Å². The van der Waals surface area contributed by atoms with Crippen LogP contribution in [0.15, 0.2) is 53.5 Å². The number of nitrogens with one attached hydrogen (secondary N) is 1. The summed E-state index contributed by atoms with van der Waals surface area (Å²) in [5.74, 6) is -0.418. The molecule has 2 aromatic carbocycles. The highest BCUT2D eigenvalue weighted by Gasteiger charge is 2.16. The highest BCUT2D eigenvalue weighted by Crippen LogP contribution is 2.19. The van der Waals surface area contributed by atoms with Crippen LogP contribution in [0.25, 0.3) is 10.9 Å². The van der Waals surface area contributed by atoms with Gasteiger partial charge in [0.1, 0.15) is 5.56 Å². The van der Waals surface area contributed by atoms with Crippen molar-refractivity contribution < 1.29 is 4.79 Å². The second-order valence-corrected chi connectivity index (χ2v) is 6.05. The largest absolute Gasteiger partial charge is 0.350 e. The molecule has 3 rings (SSSR count). The Morgan fingerprint density at radius 2 is 1.96 bits per heavy atom. The zero-order valence-electron chi connectivity index (χ0n) is 13.5. The molecule has 0 aliphatic rings. The maximum Gasteiger partial charge on any atom is 0.261 e. The second kappa shape index (κ2) is 6.49. The van der Waals surface area contributed by atoms with Gasteiger partial charge in [0.2, 0.25) is 5.43 Å².